The van der Waals surface area contributed by atoms with Crippen molar-refractivity contribution in [2.75, 3.05) is 6.54 Å². The van der Waals surface area contributed by atoms with E-state index in [0.29, 0.717) is 0 Å². The van der Waals surface area contributed by atoms with Gasteiger partial charge in [0.15, 0.2) is 5.82 Å². The molecule has 1 rings (SSSR count). The molecule has 0 fully saturated rings. The molecule has 1 aromatic rings. The molecule has 0 aliphatic heterocycles. The molecule has 72 valence electrons. The maximum atomic E-state index is 12.9. The number of nitrogens with one attached hydrogen (secondary N) is 1. The standard InChI is InChI=1S/C8H5F2N3O/c9-6-5(1-3-12-7(6)10)8(14)13-4-2-11/h1,3H,4H2,(H,13,14). The number of aromatic nitrogens is 1. The fourth-order valence-electron chi connectivity index (χ4n) is 0.809. The van der Waals surface area contributed by atoms with Crippen LogP contribution in [0.25, 0.3) is 0 Å². The quantitative estimate of drug-likeness (QED) is 0.558. The molecule has 0 bridgehead atoms. The van der Waals surface area contributed by atoms with Crippen LogP contribution >= 0.6 is 0 Å². The third kappa shape index (κ3) is 2.01. The molecular weight excluding hydrogens is 192 g/mol. The van der Waals surface area contributed by atoms with Gasteiger partial charge in [-0.2, -0.15) is 9.65 Å². The number of pyridine rings is 1. The zero-order valence-corrected chi connectivity index (χ0v) is 6.92. The van der Waals surface area contributed by atoms with E-state index in [1.165, 1.54) is 0 Å². The maximum absolute atomic E-state index is 12.9. The number of hydrogen-bond acceptors (Lipinski definition) is 3. The molecule has 0 saturated heterocycles. The Hall–Kier alpha value is -2.03. The van der Waals surface area contributed by atoms with Gasteiger partial charge in [-0.1, -0.05) is 0 Å². The molecule has 0 saturated carbocycles. The summed E-state index contributed by atoms with van der Waals surface area (Å²) in [5.74, 6) is -3.50. The van der Waals surface area contributed by atoms with E-state index in [4.69, 9.17) is 5.26 Å². The molecule has 1 N–H and O–H groups in total. The van der Waals surface area contributed by atoms with Gasteiger partial charge in [0.05, 0.1) is 11.6 Å². The van der Waals surface area contributed by atoms with Crippen molar-refractivity contribution >= 4 is 5.91 Å². The zero-order chi connectivity index (χ0) is 10.6. The monoisotopic (exact) mass is 197 g/mol. The van der Waals surface area contributed by atoms with Crippen LogP contribution in [0, 0.1) is 23.1 Å². The molecule has 0 aliphatic rings. The van der Waals surface area contributed by atoms with Gasteiger partial charge in [-0.05, 0) is 6.07 Å². The number of halogens is 2. The zero-order valence-electron chi connectivity index (χ0n) is 6.92. The Balaban J connectivity index is 2.91. The van der Waals surface area contributed by atoms with Crippen molar-refractivity contribution in [3.05, 3.63) is 29.6 Å². The first kappa shape index (κ1) is 10.1. The minimum Gasteiger partial charge on any atom is -0.339 e. The highest BCUT2D eigenvalue weighted by Crippen LogP contribution is 2.08. The highest BCUT2D eigenvalue weighted by Gasteiger charge is 2.15. The normalized spacial score (nSPS) is 9.21. The molecule has 4 nitrogen and oxygen atoms in total. The van der Waals surface area contributed by atoms with E-state index in [2.05, 4.69) is 10.3 Å². The average Bonchev–Trinajstić information content (AvgIpc) is 2.18. The van der Waals surface area contributed by atoms with E-state index >= 15 is 0 Å². The maximum Gasteiger partial charge on any atom is 0.255 e. The lowest BCUT2D eigenvalue weighted by molar-refractivity contribution is 0.0953. The number of carbonyl (C=O) groups is 1. The lowest BCUT2D eigenvalue weighted by Gasteiger charge is -2.01. The molecular formula is C8H5F2N3O. The van der Waals surface area contributed by atoms with E-state index in [0.717, 1.165) is 12.3 Å². The van der Waals surface area contributed by atoms with Crippen molar-refractivity contribution in [3.63, 3.8) is 0 Å². The Labute approximate surface area is 78.2 Å². The van der Waals surface area contributed by atoms with Gasteiger partial charge >= 0.3 is 0 Å². The number of nitrogens with zero attached hydrogens (tertiary/aromatic N) is 2. The van der Waals surface area contributed by atoms with Crippen molar-refractivity contribution in [1.82, 2.24) is 10.3 Å². The number of hydrogen-bond donors (Lipinski definition) is 1. The summed E-state index contributed by atoms with van der Waals surface area (Å²) in [6.07, 6.45) is 0.972. The van der Waals surface area contributed by atoms with Gasteiger partial charge in [-0.15, -0.1) is 0 Å². The predicted octanol–water partition coefficient (Wildman–Crippen LogP) is 0.613. The van der Waals surface area contributed by atoms with Gasteiger partial charge in [0.2, 0.25) is 5.95 Å². The van der Waals surface area contributed by atoms with E-state index in [1.54, 1.807) is 6.07 Å². The van der Waals surface area contributed by atoms with Crippen molar-refractivity contribution in [3.8, 4) is 6.07 Å². The van der Waals surface area contributed by atoms with Gasteiger partial charge in [0.1, 0.15) is 6.54 Å². The van der Waals surface area contributed by atoms with Crippen molar-refractivity contribution in [1.29, 1.82) is 5.26 Å². The Morgan fingerprint density at radius 3 is 3.00 bits per heavy atom. The lowest BCUT2D eigenvalue weighted by Crippen LogP contribution is -2.25. The predicted molar refractivity (Wildman–Crippen MR) is 42.1 cm³/mol. The molecule has 0 spiro atoms. The molecule has 6 heteroatoms. The minimum atomic E-state index is -1.34. The van der Waals surface area contributed by atoms with Crippen molar-refractivity contribution < 1.29 is 13.6 Å². The molecule has 1 heterocycles. The summed E-state index contributed by atoms with van der Waals surface area (Å²) < 4.78 is 25.4. The first-order valence-electron chi connectivity index (χ1n) is 3.62. The summed E-state index contributed by atoms with van der Waals surface area (Å²) in [4.78, 5) is 14.1. The summed E-state index contributed by atoms with van der Waals surface area (Å²) in [5, 5.41) is 10.2. The summed E-state index contributed by atoms with van der Waals surface area (Å²) >= 11 is 0. The van der Waals surface area contributed by atoms with E-state index in [9.17, 15) is 13.6 Å². The molecule has 1 aromatic heterocycles. The van der Waals surface area contributed by atoms with Crippen LogP contribution in [0.1, 0.15) is 10.4 Å². The van der Waals surface area contributed by atoms with Crippen LogP contribution in [-0.4, -0.2) is 17.4 Å². The second-order valence-corrected chi connectivity index (χ2v) is 2.30. The Morgan fingerprint density at radius 1 is 1.64 bits per heavy atom. The minimum absolute atomic E-state index is 0.262. The molecule has 0 radical (unpaired) electrons. The third-order valence-corrected chi connectivity index (χ3v) is 1.42. The van der Waals surface area contributed by atoms with Crippen LogP contribution in [0.4, 0.5) is 8.78 Å². The summed E-state index contributed by atoms with van der Waals surface area (Å²) in [7, 11) is 0. The highest BCUT2D eigenvalue weighted by atomic mass is 19.2. The van der Waals surface area contributed by atoms with Crippen LogP contribution in [0.2, 0.25) is 0 Å². The van der Waals surface area contributed by atoms with Crippen LogP contribution in [0.5, 0.6) is 0 Å². The fraction of sp³-hybridized carbons (Fsp3) is 0.125. The topological polar surface area (TPSA) is 65.8 Å². The number of amides is 1. The second kappa shape index (κ2) is 4.28. The molecule has 0 aromatic carbocycles. The summed E-state index contributed by atoms with van der Waals surface area (Å²) in [6.45, 7) is -0.262. The van der Waals surface area contributed by atoms with Crippen LogP contribution < -0.4 is 5.32 Å². The van der Waals surface area contributed by atoms with E-state index in [-0.39, 0.29) is 6.54 Å². The highest BCUT2D eigenvalue weighted by molar-refractivity contribution is 5.94. The second-order valence-electron chi connectivity index (χ2n) is 2.30. The number of nitriles is 1. The first-order chi connectivity index (χ1) is 6.66. The fourth-order valence-corrected chi connectivity index (χ4v) is 0.809. The average molecular weight is 197 g/mol. The van der Waals surface area contributed by atoms with E-state index < -0.39 is 23.2 Å². The largest absolute Gasteiger partial charge is 0.339 e. The first-order valence-corrected chi connectivity index (χ1v) is 3.62. The van der Waals surface area contributed by atoms with Gasteiger partial charge in [0.25, 0.3) is 5.91 Å². The smallest absolute Gasteiger partial charge is 0.255 e. The SMILES string of the molecule is N#CCNC(=O)c1ccnc(F)c1F. The number of rotatable bonds is 2. The third-order valence-electron chi connectivity index (χ3n) is 1.42. The molecule has 0 aliphatic carbocycles. The van der Waals surface area contributed by atoms with Gasteiger partial charge in [-0.25, -0.2) is 9.37 Å². The summed E-state index contributed by atoms with van der Waals surface area (Å²) in [5.41, 5.74) is -0.465. The van der Waals surface area contributed by atoms with Gasteiger partial charge < -0.3 is 5.32 Å². The lowest BCUT2D eigenvalue weighted by atomic mass is 10.2. The van der Waals surface area contributed by atoms with Gasteiger partial charge in [0, 0.05) is 6.20 Å². The van der Waals surface area contributed by atoms with Crippen LogP contribution in [-0.2, 0) is 0 Å². The molecule has 0 unspecified atom stereocenters. The molecule has 1 amide bonds. The summed E-state index contributed by atoms with van der Waals surface area (Å²) in [6, 6.07) is 2.67. The van der Waals surface area contributed by atoms with E-state index in [1.807, 2.05) is 0 Å². The van der Waals surface area contributed by atoms with Crippen LogP contribution in [0.3, 0.4) is 0 Å². The number of carbonyl (C=O) groups excluding carboxylic acids is 1. The Kier molecular flexibility index (Phi) is 3.07. The molecule has 0 atom stereocenters. The van der Waals surface area contributed by atoms with Crippen molar-refractivity contribution in [2.24, 2.45) is 0 Å². The Bertz CT molecular complexity index is 400. The molecule has 14 heavy (non-hydrogen) atoms. The van der Waals surface area contributed by atoms with Crippen LogP contribution in [0.15, 0.2) is 12.3 Å². The van der Waals surface area contributed by atoms with Gasteiger partial charge in [-0.3, -0.25) is 4.79 Å². The Morgan fingerprint density at radius 2 is 2.36 bits per heavy atom. The van der Waals surface area contributed by atoms with Crippen molar-refractivity contribution in [2.45, 2.75) is 0 Å².